The van der Waals surface area contributed by atoms with Crippen LogP contribution in [0, 0.1) is 0 Å². The molecule has 8 nitrogen and oxygen atoms in total. The molecule has 8 heteroatoms. The van der Waals surface area contributed by atoms with Gasteiger partial charge in [0.1, 0.15) is 5.54 Å². The van der Waals surface area contributed by atoms with E-state index in [1.54, 1.807) is 28.1 Å². The van der Waals surface area contributed by atoms with E-state index in [1.165, 1.54) is 6.20 Å². The highest BCUT2D eigenvalue weighted by molar-refractivity contribution is 6.07. The minimum absolute atomic E-state index is 0.0248. The van der Waals surface area contributed by atoms with Crippen molar-refractivity contribution in [2.24, 2.45) is 0 Å². The Morgan fingerprint density at radius 1 is 1.07 bits per heavy atom. The predicted octanol–water partition coefficient (Wildman–Crippen LogP) is 1.51. The second-order valence-electron chi connectivity index (χ2n) is 7.60. The molecule has 2 fully saturated rings. The summed E-state index contributed by atoms with van der Waals surface area (Å²) in [7, 11) is 0. The Morgan fingerprint density at radius 3 is 2.43 bits per heavy atom. The Bertz CT molecular complexity index is 927. The van der Waals surface area contributed by atoms with E-state index in [2.05, 4.69) is 4.98 Å². The first-order chi connectivity index (χ1) is 14.6. The van der Waals surface area contributed by atoms with Gasteiger partial charge in [0, 0.05) is 32.0 Å². The van der Waals surface area contributed by atoms with Crippen LogP contribution in [0.1, 0.15) is 28.8 Å². The van der Waals surface area contributed by atoms with Gasteiger partial charge in [0.25, 0.3) is 11.8 Å². The molecule has 0 atom stereocenters. The number of likely N-dealkylation sites (tertiary alicyclic amines) is 1. The van der Waals surface area contributed by atoms with Crippen LogP contribution in [0.5, 0.6) is 0 Å². The van der Waals surface area contributed by atoms with Gasteiger partial charge in [-0.2, -0.15) is 0 Å². The first-order valence-electron chi connectivity index (χ1n) is 10.0. The minimum Gasteiger partial charge on any atom is -0.395 e. The monoisotopic (exact) mass is 408 g/mol. The van der Waals surface area contributed by atoms with Gasteiger partial charge in [-0.15, -0.1) is 0 Å². The Hall–Kier alpha value is -3.26. The van der Waals surface area contributed by atoms with Crippen LogP contribution in [0.3, 0.4) is 0 Å². The maximum absolute atomic E-state index is 13.3. The van der Waals surface area contributed by atoms with Crippen molar-refractivity contribution >= 4 is 17.8 Å². The van der Waals surface area contributed by atoms with Gasteiger partial charge in [0.05, 0.1) is 18.7 Å². The van der Waals surface area contributed by atoms with Gasteiger partial charge in [-0.05, 0) is 30.5 Å². The lowest BCUT2D eigenvalue weighted by molar-refractivity contribution is -0.135. The van der Waals surface area contributed by atoms with Crippen molar-refractivity contribution in [3.05, 3.63) is 66.0 Å². The lowest BCUT2D eigenvalue weighted by Gasteiger charge is -2.42. The Balaban J connectivity index is 1.57. The van der Waals surface area contributed by atoms with Crippen LogP contribution < -0.4 is 0 Å². The number of hydrogen-bond acceptors (Lipinski definition) is 5. The molecule has 156 valence electrons. The average molecular weight is 408 g/mol. The van der Waals surface area contributed by atoms with E-state index in [0.29, 0.717) is 38.0 Å². The summed E-state index contributed by atoms with van der Waals surface area (Å²) in [5.41, 5.74) is 0.441. The van der Waals surface area contributed by atoms with Gasteiger partial charge in [-0.25, -0.2) is 4.79 Å². The summed E-state index contributed by atoms with van der Waals surface area (Å²) in [4.78, 5) is 47.5. The van der Waals surface area contributed by atoms with Crippen LogP contribution in [0.4, 0.5) is 4.79 Å². The molecule has 2 aliphatic heterocycles. The minimum atomic E-state index is -0.992. The van der Waals surface area contributed by atoms with Gasteiger partial charge < -0.3 is 14.9 Å². The number of aliphatic hydroxyl groups excluding tert-OH is 1. The molecule has 1 N–H and O–H groups in total. The molecule has 0 radical (unpaired) electrons. The molecule has 3 heterocycles. The van der Waals surface area contributed by atoms with E-state index in [0.717, 1.165) is 10.5 Å². The topological polar surface area (TPSA) is 94.0 Å². The van der Waals surface area contributed by atoms with Crippen molar-refractivity contribution in [1.82, 2.24) is 19.7 Å². The molecular formula is C22H24N4O4. The average Bonchev–Trinajstić information content (AvgIpc) is 2.97. The summed E-state index contributed by atoms with van der Waals surface area (Å²) in [6.45, 7) is 0.737. The number of carbonyl (C=O) groups excluding carboxylic acids is 3. The van der Waals surface area contributed by atoms with Gasteiger partial charge in [-0.1, -0.05) is 30.3 Å². The van der Waals surface area contributed by atoms with Crippen molar-refractivity contribution in [1.29, 1.82) is 0 Å². The van der Waals surface area contributed by atoms with Gasteiger partial charge in [0.2, 0.25) is 0 Å². The van der Waals surface area contributed by atoms with Gasteiger partial charge >= 0.3 is 6.03 Å². The summed E-state index contributed by atoms with van der Waals surface area (Å²) in [5.74, 6) is -0.414. The first-order valence-corrected chi connectivity index (χ1v) is 10.0. The SMILES string of the molecule is O=C(c1cccnc1)N1CCC2(CC1)C(=O)N(CCO)C(=O)N2Cc1ccccc1. The zero-order valence-electron chi connectivity index (χ0n) is 16.6. The highest BCUT2D eigenvalue weighted by Crippen LogP contribution is 2.38. The van der Waals surface area contributed by atoms with E-state index in [4.69, 9.17) is 0 Å². The molecule has 0 saturated carbocycles. The van der Waals surface area contributed by atoms with Crippen molar-refractivity contribution < 1.29 is 19.5 Å². The third-order valence-corrected chi connectivity index (χ3v) is 5.92. The Labute approximate surface area is 174 Å². The Kier molecular flexibility index (Phi) is 5.50. The number of β-amino-alcohol motifs (C(OH)–C–C–N with tert-alkyl or cyclic N) is 1. The van der Waals surface area contributed by atoms with Crippen molar-refractivity contribution in [3.8, 4) is 0 Å². The smallest absolute Gasteiger partial charge is 0.328 e. The maximum Gasteiger partial charge on any atom is 0.328 e. The number of carbonyl (C=O) groups is 3. The number of aliphatic hydroxyl groups is 1. The first kappa shape index (κ1) is 20.0. The van der Waals surface area contributed by atoms with Gasteiger partial charge in [0.15, 0.2) is 0 Å². The standard InChI is InChI=1S/C22H24N4O4/c27-14-13-25-20(29)22(26(21(25)30)16-17-5-2-1-3-6-17)8-11-24(12-9-22)19(28)18-7-4-10-23-15-18/h1-7,10,15,27H,8-9,11-14,16H2. The number of hydrogen-bond donors (Lipinski definition) is 1. The lowest BCUT2D eigenvalue weighted by atomic mass is 9.85. The second-order valence-corrected chi connectivity index (χ2v) is 7.60. The molecule has 2 saturated heterocycles. The van der Waals surface area contributed by atoms with E-state index in [-0.39, 0.29) is 31.0 Å². The van der Waals surface area contributed by atoms with E-state index in [9.17, 15) is 19.5 Å². The van der Waals surface area contributed by atoms with Gasteiger partial charge in [-0.3, -0.25) is 19.5 Å². The molecule has 30 heavy (non-hydrogen) atoms. The molecule has 1 spiro atoms. The molecule has 1 aromatic carbocycles. The fraction of sp³-hybridized carbons (Fsp3) is 0.364. The van der Waals surface area contributed by atoms with Crippen LogP contribution in [0.2, 0.25) is 0 Å². The molecule has 1 aromatic heterocycles. The summed E-state index contributed by atoms with van der Waals surface area (Å²) >= 11 is 0. The number of benzene rings is 1. The van der Waals surface area contributed by atoms with Crippen molar-refractivity contribution in [2.75, 3.05) is 26.2 Å². The van der Waals surface area contributed by atoms with E-state index < -0.39 is 5.54 Å². The molecule has 2 aliphatic rings. The predicted molar refractivity (Wildman–Crippen MR) is 108 cm³/mol. The van der Waals surface area contributed by atoms with Crippen molar-refractivity contribution in [2.45, 2.75) is 24.9 Å². The second kappa shape index (κ2) is 8.23. The molecule has 0 bridgehead atoms. The summed E-state index contributed by atoms with van der Waals surface area (Å²) < 4.78 is 0. The third kappa shape index (κ3) is 3.43. The third-order valence-electron chi connectivity index (χ3n) is 5.92. The number of pyridine rings is 1. The molecule has 4 rings (SSSR count). The van der Waals surface area contributed by atoms with Crippen LogP contribution in [0.15, 0.2) is 54.9 Å². The number of imide groups is 1. The fourth-order valence-electron chi connectivity index (χ4n) is 4.30. The summed E-state index contributed by atoms with van der Waals surface area (Å²) in [6.07, 6.45) is 3.86. The quantitative estimate of drug-likeness (QED) is 0.757. The number of aromatic nitrogens is 1. The zero-order chi connectivity index (χ0) is 21.1. The van der Waals surface area contributed by atoms with Crippen LogP contribution in [0.25, 0.3) is 0 Å². The molecule has 0 aliphatic carbocycles. The summed E-state index contributed by atoms with van der Waals surface area (Å²) in [5, 5.41) is 9.34. The maximum atomic E-state index is 13.3. The lowest BCUT2D eigenvalue weighted by Crippen LogP contribution is -2.57. The number of urea groups is 1. The van der Waals surface area contributed by atoms with E-state index >= 15 is 0 Å². The molecular weight excluding hydrogens is 384 g/mol. The fourth-order valence-corrected chi connectivity index (χ4v) is 4.30. The number of piperidine rings is 1. The van der Waals surface area contributed by atoms with Crippen LogP contribution in [-0.2, 0) is 11.3 Å². The molecule has 0 unspecified atom stereocenters. The van der Waals surface area contributed by atoms with E-state index in [1.807, 2.05) is 30.3 Å². The summed E-state index contributed by atoms with van der Waals surface area (Å²) in [6, 6.07) is 12.6. The molecule has 4 amide bonds. The number of rotatable bonds is 5. The largest absolute Gasteiger partial charge is 0.395 e. The Morgan fingerprint density at radius 2 is 1.80 bits per heavy atom. The highest BCUT2D eigenvalue weighted by atomic mass is 16.3. The molecule has 2 aromatic rings. The normalized spacial score (nSPS) is 18.4. The van der Waals surface area contributed by atoms with Crippen LogP contribution >= 0.6 is 0 Å². The zero-order valence-corrected chi connectivity index (χ0v) is 16.6. The number of amides is 4. The highest BCUT2D eigenvalue weighted by Gasteiger charge is 2.57. The number of nitrogens with zero attached hydrogens (tertiary/aromatic N) is 4. The van der Waals surface area contributed by atoms with Crippen LogP contribution in [-0.4, -0.2) is 74.4 Å². The van der Waals surface area contributed by atoms with Crippen molar-refractivity contribution in [3.63, 3.8) is 0 Å².